The molecular weight excluding hydrogens is 496 g/mol. The Morgan fingerprint density at radius 1 is 1.05 bits per heavy atom. The number of nitrogens with zero attached hydrogens (tertiary/aromatic N) is 4. The van der Waals surface area contributed by atoms with Gasteiger partial charge in [0.1, 0.15) is 23.0 Å². The van der Waals surface area contributed by atoms with Gasteiger partial charge in [-0.1, -0.05) is 37.8 Å². The Morgan fingerprint density at radius 2 is 1.85 bits per heavy atom. The number of piperazine rings is 1. The van der Waals surface area contributed by atoms with Crippen molar-refractivity contribution in [2.75, 3.05) is 37.6 Å². The molecule has 2 atom stereocenters. The summed E-state index contributed by atoms with van der Waals surface area (Å²) in [5.41, 5.74) is 1.59. The number of aliphatic hydroxyl groups excluding tert-OH is 1. The zero-order valence-electron chi connectivity index (χ0n) is 21.9. The highest BCUT2D eigenvalue weighted by atomic mass is 16.6. The Bertz CT molecular complexity index is 1500. The van der Waals surface area contributed by atoms with Crippen LogP contribution in [0.5, 0.6) is 11.5 Å². The number of pyridine rings is 2. The van der Waals surface area contributed by atoms with Crippen LogP contribution in [-0.4, -0.2) is 70.7 Å². The summed E-state index contributed by atoms with van der Waals surface area (Å²) >= 11 is 0. The first-order valence-electron chi connectivity index (χ1n) is 13.6. The van der Waals surface area contributed by atoms with Gasteiger partial charge in [0.05, 0.1) is 11.5 Å². The molecule has 4 heterocycles. The van der Waals surface area contributed by atoms with E-state index in [2.05, 4.69) is 33.5 Å². The monoisotopic (exact) mass is 526 g/mol. The fourth-order valence-electron chi connectivity index (χ4n) is 5.55. The molecule has 1 saturated heterocycles. The summed E-state index contributed by atoms with van der Waals surface area (Å²) in [6.07, 6.45) is 4.92. The summed E-state index contributed by atoms with van der Waals surface area (Å²) in [6, 6.07) is 8.95. The zero-order chi connectivity index (χ0) is 26.9. The predicted octanol–water partition coefficient (Wildman–Crippen LogP) is 3.17. The molecule has 1 saturated carbocycles. The number of aliphatic hydroxyl groups is 1. The van der Waals surface area contributed by atoms with Crippen LogP contribution < -0.4 is 14.4 Å². The Balaban J connectivity index is 1.48. The van der Waals surface area contributed by atoms with Gasteiger partial charge in [-0.15, -0.1) is 0 Å². The van der Waals surface area contributed by atoms with Crippen molar-refractivity contribution in [3.63, 3.8) is 0 Å². The number of rotatable bonds is 3. The van der Waals surface area contributed by atoms with E-state index in [1.807, 2.05) is 6.07 Å². The van der Waals surface area contributed by atoms with Gasteiger partial charge in [0.15, 0.2) is 5.75 Å². The molecule has 3 aliphatic rings. The maximum Gasteiger partial charge on any atom is 0.423 e. The lowest BCUT2D eigenvalue weighted by Gasteiger charge is -2.35. The van der Waals surface area contributed by atoms with E-state index in [1.165, 1.54) is 0 Å². The van der Waals surface area contributed by atoms with Gasteiger partial charge in [-0.2, -0.15) is 0 Å². The van der Waals surface area contributed by atoms with Crippen LogP contribution in [0.4, 0.5) is 5.82 Å². The van der Waals surface area contributed by atoms with E-state index in [9.17, 15) is 14.7 Å². The number of hydrogen-bond acceptors (Lipinski definition) is 9. The highest BCUT2D eigenvalue weighted by Crippen LogP contribution is 2.45. The Labute approximate surface area is 226 Å². The molecule has 1 N–H and O–H groups in total. The third-order valence-corrected chi connectivity index (χ3v) is 7.76. The number of benzene rings is 1. The van der Waals surface area contributed by atoms with Crippen molar-refractivity contribution in [2.24, 2.45) is 5.92 Å². The van der Waals surface area contributed by atoms with E-state index in [0.29, 0.717) is 22.3 Å². The predicted molar refractivity (Wildman–Crippen MR) is 145 cm³/mol. The van der Waals surface area contributed by atoms with Gasteiger partial charge in [-0.3, -0.25) is 0 Å². The van der Waals surface area contributed by atoms with E-state index < -0.39 is 18.0 Å². The second-order valence-electron chi connectivity index (χ2n) is 10.1. The summed E-state index contributed by atoms with van der Waals surface area (Å²) in [4.78, 5) is 39.0. The first-order valence-corrected chi connectivity index (χ1v) is 13.6. The van der Waals surface area contributed by atoms with Gasteiger partial charge in [-0.25, -0.2) is 19.6 Å². The van der Waals surface area contributed by atoms with Gasteiger partial charge in [0.2, 0.25) is 0 Å². The van der Waals surface area contributed by atoms with Crippen molar-refractivity contribution >= 4 is 28.5 Å². The van der Waals surface area contributed by atoms with Crippen molar-refractivity contribution in [2.45, 2.75) is 38.7 Å². The van der Waals surface area contributed by atoms with Crippen molar-refractivity contribution in [1.82, 2.24) is 14.9 Å². The van der Waals surface area contributed by atoms with Crippen LogP contribution in [0, 0.1) is 17.8 Å². The molecule has 1 aliphatic carbocycles. The molecule has 0 bridgehead atoms. The van der Waals surface area contributed by atoms with Gasteiger partial charge in [-0.05, 0) is 43.5 Å². The van der Waals surface area contributed by atoms with Crippen molar-refractivity contribution in [3.8, 4) is 34.6 Å². The van der Waals surface area contributed by atoms with E-state index >= 15 is 0 Å². The average Bonchev–Trinajstić information content (AvgIpc) is 3.09. The molecule has 3 aromatic rings. The minimum Gasteiger partial charge on any atom is -0.417 e. The standard InChI is InChI=1S/C30H30N4O5/c1-2-33-14-16-34(17-15-33)28-22-7-5-9-24-25(22)27(39-30(37)29(36)38-24)26(32-28)20-12-13-31-21(18-20)11-10-19-6-3-4-8-23(19)35/h5,7,9,12-13,18-19,23,35H,2-4,6,8,14-17H2,1H3. The molecule has 6 rings (SSSR count). The Kier molecular flexibility index (Phi) is 6.90. The lowest BCUT2D eigenvalue weighted by molar-refractivity contribution is -0.155. The van der Waals surface area contributed by atoms with Crippen molar-refractivity contribution < 1.29 is 24.2 Å². The molecule has 2 fully saturated rings. The molecule has 9 nitrogen and oxygen atoms in total. The quantitative estimate of drug-likeness (QED) is 0.238. The average molecular weight is 527 g/mol. The van der Waals surface area contributed by atoms with E-state index in [4.69, 9.17) is 14.5 Å². The third-order valence-electron chi connectivity index (χ3n) is 7.76. The highest BCUT2D eigenvalue weighted by molar-refractivity contribution is 6.32. The zero-order valence-corrected chi connectivity index (χ0v) is 21.9. The Morgan fingerprint density at radius 3 is 2.64 bits per heavy atom. The number of hydrogen-bond donors (Lipinski definition) is 1. The molecule has 2 aromatic heterocycles. The maximum absolute atomic E-state index is 12.5. The normalized spacial score (nSPS) is 21.5. The van der Waals surface area contributed by atoms with E-state index in [0.717, 1.165) is 69.6 Å². The van der Waals surface area contributed by atoms with Gasteiger partial charge in [0, 0.05) is 49.2 Å². The maximum atomic E-state index is 12.5. The third kappa shape index (κ3) is 4.93. The summed E-state index contributed by atoms with van der Waals surface area (Å²) in [7, 11) is 0. The fraction of sp³-hybridized carbons (Fsp3) is 0.400. The molecule has 0 amide bonds. The van der Waals surface area contributed by atoms with E-state index in [1.54, 1.807) is 30.5 Å². The first-order chi connectivity index (χ1) is 19.0. The molecule has 0 radical (unpaired) electrons. The molecule has 39 heavy (non-hydrogen) atoms. The number of carbonyl (C=O) groups excluding carboxylic acids is 2. The van der Waals surface area contributed by atoms with Crippen LogP contribution in [-0.2, 0) is 9.59 Å². The smallest absolute Gasteiger partial charge is 0.417 e. The second kappa shape index (κ2) is 10.6. The summed E-state index contributed by atoms with van der Waals surface area (Å²) in [5, 5.41) is 11.6. The molecule has 9 heteroatoms. The minimum atomic E-state index is -1.10. The highest BCUT2D eigenvalue weighted by Gasteiger charge is 2.32. The molecule has 2 unspecified atom stereocenters. The molecule has 2 aliphatic heterocycles. The van der Waals surface area contributed by atoms with Crippen molar-refractivity contribution in [3.05, 3.63) is 42.2 Å². The summed E-state index contributed by atoms with van der Waals surface area (Å²) < 4.78 is 11.0. The summed E-state index contributed by atoms with van der Waals surface area (Å²) in [5.74, 6) is 5.25. The van der Waals surface area contributed by atoms with Gasteiger partial charge < -0.3 is 24.4 Å². The van der Waals surface area contributed by atoms with E-state index in [-0.39, 0.29) is 17.4 Å². The molecule has 1 aromatic carbocycles. The van der Waals surface area contributed by atoms with Crippen LogP contribution in [0.25, 0.3) is 22.0 Å². The number of aromatic nitrogens is 2. The first kappa shape index (κ1) is 25.3. The lowest BCUT2D eigenvalue weighted by atomic mass is 9.87. The lowest BCUT2D eigenvalue weighted by Crippen LogP contribution is -2.46. The number of anilines is 1. The largest absolute Gasteiger partial charge is 0.423 e. The number of ether oxygens (including phenoxy) is 2. The fourth-order valence-corrected chi connectivity index (χ4v) is 5.55. The van der Waals surface area contributed by atoms with Crippen LogP contribution >= 0.6 is 0 Å². The second-order valence-corrected chi connectivity index (χ2v) is 10.1. The van der Waals surface area contributed by atoms with Crippen LogP contribution in [0.2, 0.25) is 0 Å². The molecule has 200 valence electrons. The molecule has 0 spiro atoms. The number of likely N-dealkylation sites (N-methyl/N-ethyl adjacent to an activating group) is 1. The minimum absolute atomic E-state index is 0.0762. The Hall–Kier alpha value is -4.00. The number of esters is 2. The SMILES string of the molecule is CCN1CCN(c2nc(-c3ccnc(C#CC4CCCCC4O)c3)c3c4c(cccc24)OC(=O)C(=O)O3)CC1. The van der Waals surface area contributed by atoms with Crippen molar-refractivity contribution in [1.29, 1.82) is 0 Å². The van der Waals surface area contributed by atoms with Crippen LogP contribution in [0.1, 0.15) is 38.3 Å². The van der Waals surface area contributed by atoms with Gasteiger partial charge in [0.25, 0.3) is 0 Å². The van der Waals surface area contributed by atoms with Crippen LogP contribution in [0.15, 0.2) is 36.5 Å². The number of carbonyl (C=O) groups is 2. The molecular formula is C30H30N4O5. The summed E-state index contributed by atoms with van der Waals surface area (Å²) in [6.45, 7) is 6.52. The van der Waals surface area contributed by atoms with Crippen LogP contribution in [0.3, 0.4) is 0 Å². The van der Waals surface area contributed by atoms with Gasteiger partial charge >= 0.3 is 11.9 Å². The topological polar surface area (TPSA) is 105 Å².